The van der Waals surface area contributed by atoms with Crippen LogP contribution in [0.2, 0.25) is 0 Å². The highest BCUT2D eigenvalue weighted by atomic mass is 32.1. The van der Waals surface area contributed by atoms with E-state index in [1.54, 1.807) is 23.7 Å². The van der Waals surface area contributed by atoms with E-state index in [0.717, 1.165) is 40.1 Å². The molecule has 168 valence electrons. The standard InChI is InChI=1S/C25H34N2O3S/c1-8-29-23(28)20(30-24(3,4)5)18-16(2)31-21(22-26-14-9-15-27-22)19(18)17-10-12-25(6,7)13-11-17/h9-10,14-15,20H,8,11-13H2,1-7H3. The first kappa shape index (κ1) is 23.6. The van der Waals surface area contributed by atoms with Gasteiger partial charge in [0.2, 0.25) is 0 Å². The molecule has 0 spiro atoms. The summed E-state index contributed by atoms with van der Waals surface area (Å²) >= 11 is 1.62. The van der Waals surface area contributed by atoms with Crippen LogP contribution in [0.4, 0.5) is 0 Å². The largest absolute Gasteiger partial charge is 0.464 e. The monoisotopic (exact) mass is 442 g/mol. The highest BCUT2D eigenvalue weighted by molar-refractivity contribution is 7.16. The molecule has 0 amide bonds. The number of esters is 1. The predicted octanol–water partition coefficient (Wildman–Crippen LogP) is 6.53. The number of rotatable bonds is 6. The van der Waals surface area contributed by atoms with Gasteiger partial charge < -0.3 is 9.47 Å². The number of thiophene rings is 1. The molecule has 31 heavy (non-hydrogen) atoms. The van der Waals surface area contributed by atoms with Gasteiger partial charge in [-0.1, -0.05) is 19.9 Å². The maximum atomic E-state index is 13.1. The van der Waals surface area contributed by atoms with Crippen molar-refractivity contribution in [2.45, 2.75) is 79.4 Å². The van der Waals surface area contributed by atoms with Gasteiger partial charge in [0.25, 0.3) is 0 Å². The molecule has 6 heteroatoms. The highest BCUT2D eigenvalue weighted by Crippen LogP contribution is 2.48. The SMILES string of the molecule is CCOC(=O)C(OC(C)(C)C)c1c(C)sc(-c2ncccn2)c1C1=CCC(C)(C)CC1. The minimum absolute atomic E-state index is 0.278. The third kappa shape index (κ3) is 5.60. The number of hydrogen-bond acceptors (Lipinski definition) is 6. The highest BCUT2D eigenvalue weighted by Gasteiger charge is 2.36. The summed E-state index contributed by atoms with van der Waals surface area (Å²) < 4.78 is 11.7. The molecular weight excluding hydrogens is 408 g/mol. The van der Waals surface area contributed by atoms with Gasteiger partial charge in [0.15, 0.2) is 11.9 Å². The lowest BCUT2D eigenvalue weighted by molar-refractivity contribution is -0.166. The van der Waals surface area contributed by atoms with E-state index < -0.39 is 11.7 Å². The van der Waals surface area contributed by atoms with E-state index in [-0.39, 0.29) is 11.4 Å². The fourth-order valence-electron chi connectivity index (χ4n) is 3.87. The molecular formula is C25H34N2O3S. The molecule has 2 heterocycles. The number of nitrogens with zero attached hydrogens (tertiary/aromatic N) is 2. The molecule has 0 N–H and O–H groups in total. The first-order valence-electron chi connectivity index (χ1n) is 11.0. The Morgan fingerprint density at radius 1 is 1.26 bits per heavy atom. The van der Waals surface area contributed by atoms with Crippen LogP contribution in [-0.2, 0) is 14.3 Å². The first-order valence-corrected chi connectivity index (χ1v) is 11.8. The van der Waals surface area contributed by atoms with Gasteiger partial charge in [0.1, 0.15) is 0 Å². The quantitative estimate of drug-likeness (QED) is 0.476. The van der Waals surface area contributed by atoms with Crippen molar-refractivity contribution in [3.8, 4) is 10.7 Å². The minimum Gasteiger partial charge on any atom is -0.464 e. The number of carbonyl (C=O) groups is 1. The van der Waals surface area contributed by atoms with Crippen molar-refractivity contribution >= 4 is 22.9 Å². The summed E-state index contributed by atoms with van der Waals surface area (Å²) in [6.07, 6.45) is 8.07. The number of aromatic nitrogens is 2. The van der Waals surface area contributed by atoms with Crippen LogP contribution in [0.25, 0.3) is 16.3 Å². The minimum atomic E-state index is -0.792. The molecule has 2 aromatic heterocycles. The van der Waals surface area contributed by atoms with E-state index in [1.165, 1.54) is 5.57 Å². The van der Waals surface area contributed by atoms with Crippen LogP contribution in [0.3, 0.4) is 0 Å². The van der Waals surface area contributed by atoms with Gasteiger partial charge in [-0.05, 0) is 70.9 Å². The summed E-state index contributed by atoms with van der Waals surface area (Å²) in [5.74, 6) is 0.331. The lowest BCUT2D eigenvalue weighted by atomic mass is 9.76. The number of allylic oxidation sites excluding steroid dienone is 2. The van der Waals surface area contributed by atoms with Crippen LogP contribution in [0, 0.1) is 12.3 Å². The fourth-order valence-corrected chi connectivity index (χ4v) is 5.03. The molecule has 2 aromatic rings. The van der Waals surface area contributed by atoms with Gasteiger partial charge >= 0.3 is 5.97 Å². The smallest absolute Gasteiger partial charge is 0.340 e. The number of hydrogen-bond donors (Lipinski definition) is 0. The van der Waals surface area contributed by atoms with Crippen LogP contribution in [0.15, 0.2) is 24.5 Å². The van der Waals surface area contributed by atoms with Crippen molar-refractivity contribution in [2.75, 3.05) is 6.61 Å². The zero-order chi connectivity index (χ0) is 22.8. The number of carbonyl (C=O) groups excluding carboxylic acids is 1. The molecule has 0 radical (unpaired) electrons. The molecule has 1 atom stereocenters. The predicted molar refractivity (Wildman–Crippen MR) is 126 cm³/mol. The van der Waals surface area contributed by atoms with Gasteiger partial charge in [-0.2, -0.15) is 0 Å². The van der Waals surface area contributed by atoms with Crippen LogP contribution in [-0.4, -0.2) is 28.1 Å². The number of aryl methyl sites for hydroxylation is 1. The summed E-state index contributed by atoms with van der Waals surface area (Å²) in [6, 6.07) is 1.82. The molecule has 0 aliphatic heterocycles. The summed E-state index contributed by atoms with van der Waals surface area (Å²) in [7, 11) is 0. The Labute approximate surface area is 189 Å². The summed E-state index contributed by atoms with van der Waals surface area (Å²) in [5.41, 5.74) is 2.96. The molecule has 1 unspecified atom stereocenters. The van der Waals surface area contributed by atoms with E-state index in [0.29, 0.717) is 12.4 Å². The van der Waals surface area contributed by atoms with Gasteiger partial charge in [0, 0.05) is 28.4 Å². The Bertz CT molecular complexity index is 955. The van der Waals surface area contributed by atoms with Gasteiger partial charge in [-0.25, -0.2) is 14.8 Å². The van der Waals surface area contributed by atoms with Gasteiger partial charge in [-0.3, -0.25) is 0 Å². The number of ether oxygens (including phenoxy) is 2. The average molecular weight is 443 g/mol. The topological polar surface area (TPSA) is 61.3 Å². The first-order chi connectivity index (χ1) is 14.5. The molecule has 3 rings (SSSR count). The van der Waals surface area contributed by atoms with Crippen molar-refractivity contribution in [3.63, 3.8) is 0 Å². The van der Waals surface area contributed by atoms with Gasteiger partial charge in [-0.15, -0.1) is 11.3 Å². The Morgan fingerprint density at radius 2 is 1.94 bits per heavy atom. The fraction of sp³-hybridized carbons (Fsp3) is 0.560. The molecule has 0 bridgehead atoms. The van der Waals surface area contributed by atoms with Crippen LogP contribution < -0.4 is 0 Å². The van der Waals surface area contributed by atoms with E-state index in [1.807, 2.05) is 40.7 Å². The van der Waals surface area contributed by atoms with Crippen molar-refractivity contribution in [1.82, 2.24) is 9.97 Å². The second kappa shape index (κ2) is 9.21. The van der Waals surface area contributed by atoms with Crippen LogP contribution in [0.5, 0.6) is 0 Å². The second-order valence-corrected chi connectivity index (χ2v) is 11.0. The average Bonchev–Trinajstić information content (AvgIpc) is 3.03. The lowest BCUT2D eigenvalue weighted by Crippen LogP contribution is -2.29. The van der Waals surface area contributed by atoms with Crippen molar-refractivity contribution < 1.29 is 14.3 Å². The Kier molecular flexibility index (Phi) is 7.01. The summed E-state index contributed by atoms with van der Waals surface area (Å²) in [5, 5.41) is 0. The van der Waals surface area contributed by atoms with Gasteiger partial charge in [0.05, 0.1) is 17.1 Å². The molecule has 5 nitrogen and oxygen atoms in total. The van der Waals surface area contributed by atoms with E-state index in [2.05, 4.69) is 29.9 Å². The summed E-state index contributed by atoms with van der Waals surface area (Å²) in [6.45, 7) is 14.7. The Morgan fingerprint density at radius 3 is 2.48 bits per heavy atom. The zero-order valence-electron chi connectivity index (χ0n) is 19.7. The Balaban J connectivity index is 2.22. The third-order valence-corrected chi connectivity index (χ3v) is 6.54. The van der Waals surface area contributed by atoms with Crippen LogP contribution >= 0.6 is 11.3 Å². The normalized spacial score (nSPS) is 17.2. The van der Waals surface area contributed by atoms with Crippen molar-refractivity contribution in [2.24, 2.45) is 5.41 Å². The molecule has 0 aromatic carbocycles. The van der Waals surface area contributed by atoms with Crippen molar-refractivity contribution in [1.29, 1.82) is 0 Å². The maximum Gasteiger partial charge on any atom is 0.340 e. The van der Waals surface area contributed by atoms with E-state index >= 15 is 0 Å². The van der Waals surface area contributed by atoms with E-state index in [9.17, 15) is 4.79 Å². The summed E-state index contributed by atoms with van der Waals surface area (Å²) in [4.78, 5) is 24.1. The molecule has 0 fully saturated rings. The zero-order valence-corrected chi connectivity index (χ0v) is 20.6. The second-order valence-electron chi connectivity index (χ2n) is 9.81. The maximum absolute atomic E-state index is 13.1. The lowest BCUT2D eigenvalue weighted by Gasteiger charge is -2.31. The molecule has 1 aliphatic carbocycles. The van der Waals surface area contributed by atoms with Crippen molar-refractivity contribution in [3.05, 3.63) is 40.5 Å². The molecule has 0 saturated carbocycles. The molecule has 0 saturated heterocycles. The van der Waals surface area contributed by atoms with E-state index in [4.69, 9.17) is 9.47 Å². The van der Waals surface area contributed by atoms with Crippen LogP contribution in [0.1, 0.15) is 82.9 Å². The molecule has 1 aliphatic rings. The third-order valence-electron chi connectivity index (χ3n) is 5.43. The Hall–Kier alpha value is -2.05.